The molecule has 0 bridgehead atoms. The van der Waals surface area contributed by atoms with Gasteiger partial charge < -0.3 is 9.47 Å². The Bertz CT molecular complexity index is 277. The maximum atomic E-state index is 12.2. The average molecular weight is 285 g/mol. The minimum atomic E-state index is -0.297. The molecule has 1 atom stereocenters. The Morgan fingerprint density at radius 1 is 1.25 bits per heavy atom. The van der Waals surface area contributed by atoms with Crippen LogP contribution in [0.3, 0.4) is 0 Å². The third kappa shape index (κ3) is 5.80. The summed E-state index contributed by atoms with van der Waals surface area (Å²) >= 11 is 0. The van der Waals surface area contributed by atoms with E-state index < -0.39 is 0 Å². The van der Waals surface area contributed by atoms with E-state index in [9.17, 15) is 4.79 Å². The summed E-state index contributed by atoms with van der Waals surface area (Å²) in [6.45, 7) is 11.4. The number of hydrogen-bond donors (Lipinski definition) is 0. The topological polar surface area (TPSA) is 38.8 Å². The number of hydrogen-bond acceptors (Lipinski definition) is 4. The smallest absolute Gasteiger partial charge is 0.311 e. The Kier molecular flexibility index (Phi) is 8.15. The van der Waals surface area contributed by atoms with E-state index in [4.69, 9.17) is 9.47 Å². The van der Waals surface area contributed by atoms with Crippen molar-refractivity contribution in [3.05, 3.63) is 0 Å². The lowest BCUT2D eigenvalue weighted by Crippen LogP contribution is -2.37. The molecule has 0 saturated carbocycles. The van der Waals surface area contributed by atoms with Gasteiger partial charge >= 0.3 is 5.97 Å². The van der Waals surface area contributed by atoms with Crippen LogP contribution in [0.4, 0.5) is 0 Å². The van der Waals surface area contributed by atoms with Crippen molar-refractivity contribution >= 4 is 5.97 Å². The van der Waals surface area contributed by atoms with Crippen molar-refractivity contribution in [1.82, 2.24) is 4.90 Å². The highest BCUT2D eigenvalue weighted by molar-refractivity contribution is 5.76. The predicted octanol–water partition coefficient (Wildman–Crippen LogP) is 2.86. The van der Waals surface area contributed by atoms with E-state index in [1.165, 1.54) is 0 Å². The van der Waals surface area contributed by atoms with Crippen LogP contribution < -0.4 is 0 Å². The molecule has 118 valence electrons. The molecule has 0 spiro atoms. The van der Waals surface area contributed by atoms with Gasteiger partial charge in [0.1, 0.15) is 0 Å². The second-order valence-electron chi connectivity index (χ2n) is 5.96. The normalized spacial score (nSPS) is 19.6. The van der Waals surface area contributed by atoms with Gasteiger partial charge in [0.2, 0.25) is 0 Å². The van der Waals surface area contributed by atoms with Crippen LogP contribution in [0.1, 0.15) is 52.9 Å². The van der Waals surface area contributed by atoms with Gasteiger partial charge in [0.05, 0.1) is 25.2 Å². The monoisotopic (exact) mass is 285 g/mol. The number of unbranched alkanes of at least 4 members (excludes halogenated alkanes) is 1. The summed E-state index contributed by atoms with van der Waals surface area (Å²) in [5, 5.41) is 0. The fraction of sp³-hybridized carbons (Fsp3) is 0.938. The minimum absolute atomic E-state index is 0.0181. The first kappa shape index (κ1) is 17.4. The van der Waals surface area contributed by atoms with Gasteiger partial charge in [-0.3, -0.25) is 9.69 Å². The highest BCUT2D eigenvalue weighted by atomic mass is 16.5. The van der Waals surface area contributed by atoms with Crippen molar-refractivity contribution < 1.29 is 14.3 Å². The van der Waals surface area contributed by atoms with E-state index in [-0.39, 0.29) is 11.4 Å². The Balaban J connectivity index is 2.20. The van der Waals surface area contributed by atoms with Crippen molar-refractivity contribution in [2.45, 2.75) is 52.9 Å². The lowest BCUT2D eigenvalue weighted by atomic mass is 9.82. The quantitative estimate of drug-likeness (QED) is 0.482. The molecule has 1 unspecified atom stereocenters. The predicted molar refractivity (Wildman–Crippen MR) is 80.8 cm³/mol. The van der Waals surface area contributed by atoms with Gasteiger partial charge in [0, 0.05) is 19.6 Å². The van der Waals surface area contributed by atoms with Crippen LogP contribution in [0.25, 0.3) is 0 Å². The molecule has 1 heterocycles. The SMILES string of the molecule is CCCCC(C)(CC)C(=O)OCCCN1CCOCC1. The summed E-state index contributed by atoms with van der Waals surface area (Å²) in [6, 6.07) is 0. The van der Waals surface area contributed by atoms with E-state index in [0.29, 0.717) is 6.61 Å². The molecule has 0 aromatic carbocycles. The van der Waals surface area contributed by atoms with Crippen molar-refractivity contribution in [1.29, 1.82) is 0 Å². The maximum Gasteiger partial charge on any atom is 0.311 e. The molecule has 0 N–H and O–H groups in total. The molecular weight excluding hydrogens is 254 g/mol. The first-order chi connectivity index (χ1) is 9.62. The second-order valence-corrected chi connectivity index (χ2v) is 5.96. The van der Waals surface area contributed by atoms with Crippen LogP contribution in [-0.2, 0) is 14.3 Å². The maximum absolute atomic E-state index is 12.2. The Morgan fingerprint density at radius 3 is 2.55 bits per heavy atom. The van der Waals surface area contributed by atoms with Crippen molar-refractivity contribution in [2.24, 2.45) is 5.41 Å². The van der Waals surface area contributed by atoms with Crippen molar-refractivity contribution in [3.63, 3.8) is 0 Å². The molecule has 4 nitrogen and oxygen atoms in total. The summed E-state index contributed by atoms with van der Waals surface area (Å²) < 4.78 is 10.8. The van der Waals surface area contributed by atoms with Crippen LogP contribution in [-0.4, -0.2) is 50.3 Å². The number of morpholine rings is 1. The van der Waals surface area contributed by atoms with Crippen LogP contribution in [0.2, 0.25) is 0 Å². The molecule has 1 saturated heterocycles. The van der Waals surface area contributed by atoms with E-state index in [0.717, 1.165) is 65.0 Å². The fourth-order valence-corrected chi connectivity index (χ4v) is 2.44. The zero-order chi connectivity index (χ0) is 14.8. The number of carbonyl (C=O) groups excluding carboxylic acids is 1. The summed E-state index contributed by atoms with van der Waals surface area (Å²) in [6.07, 6.45) is 4.92. The molecule has 20 heavy (non-hydrogen) atoms. The highest BCUT2D eigenvalue weighted by Crippen LogP contribution is 2.29. The number of rotatable bonds is 9. The third-order valence-corrected chi connectivity index (χ3v) is 4.31. The average Bonchev–Trinajstić information content (AvgIpc) is 2.50. The summed E-state index contributed by atoms with van der Waals surface area (Å²) in [7, 11) is 0. The van der Waals surface area contributed by atoms with Gasteiger partial charge in [-0.1, -0.05) is 26.7 Å². The largest absolute Gasteiger partial charge is 0.465 e. The van der Waals surface area contributed by atoms with Gasteiger partial charge in [-0.25, -0.2) is 0 Å². The van der Waals surface area contributed by atoms with Gasteiger partial charge in [-0.05, 0) is 26.2 Å². The molecule has 1 rings (SSSR count). The number of esters is 1. The van der Waals surface area contributed by atoms with Crippen LogP contribution in [0.5, 0.6) is 0 Å². The van der Waals surface area contributed by atoms with E-state index in [1.807, 2.05) is 6.92 Å². The summed E-state index contributed by atoms with van der Waals surface area (Å²) in [4.78, 5) is 14.6. The molecule has 4 heteroatoms. The molecular formula is C16H31NO3. The second kappa shape index (κ2) is 9.35. The first-order valence-corrected chi connectivity index (χ1v) is 8.09. The fourth-order valence-electron chi connectivity index (χ4n) is 2.44. The summed E-state index contributed by atoms with van der Waals surface area (Å²) in [5.41, 5.74) is -0.297. The third-order valence-electron chi connectivity index (χ3n) is 4.31. The Labute approximate surface area is 123 Å². The molecule has 1 aliphatic heterocycles. The van der Waals surface area contributed by atoms with Gasteiger partial charge in [0.15, 0.2) is 0 Å². The highest BCUT2D eigenvalue weighted by Gasteiger charge is 2.32. The van der Waals surface area contributed by atoms with Crippen molar-refractivity contribution in [3.8, 4) is 0 Å². The van der Waals surface area contributed by atoms with Crippen LogP contribution >= 0.6 is 0 Å². The number of nitrogens with zero attached hydrogens (tertiary/aromatic N) is 1. The Morgan fingerprint density at radius 2 is 1.95 bits per heavy atom. The standard InChI is InChI=1S/C16H31NO3/c1-4-6-8-16(3,5-2)15(18)20-12-7-9-17-10-13-19-14-11-17/h4-14H2,1-3H3. The summed E-state index contributed by atoms with van der Waals surface area (Å²) in [5.74, 6) is -0.0181. The minimum Gasteiger partial charge on any atom is -0.465 e. The zero-order valence-corrected chi connectivity index (χ0v) is 13.5. The van der Waals surface area contributed by atoms with E-state index in [2.05, 4.69) is 18.7 Å². The molecule has 0 radical (unpaired) electrons. The van der Waals surface area contributed by atoms with E-state index in [1.54, 1.807) is 0 Å². The van der Waals surface area contributed by atoms with Gasteiger partial charge in [-0.2, -0.15) is 0 Å². The van der Waals surface area contributed by atoms with Crippen LogP contribution in [0, 0.1) is 5.41 Å². The van der Waals surface area contributed by atoms with Gasteiger partial charge in [0.25, 0.3) is 0 Å². The first-order valence-electron chi connectivity index (χ1n) is 8.09. The van der Waals surface area contributed by atoms with E-state index >= 15 is 0 Å². The van der Waals surface area contributed by atoms with Crippen molar-refractivity contribution in [2.75, 3.05) is 39.5 Å². The Hall–Kier alpha value is -0.610. The lowest BCUT2D eigenvalue weighted by molar-refractivity contribution is -0.156. The molecule has 0 aliphatic carbocycles. The number of ether oxygens (including phenoxy) is 2. The molecule has 0 aromatic rings. The molecule has 1 fully saturated rings. The molecule has 1 aliphatic rings. The van der Waals surface area contributed by atoms with Gasteiger partial charge in [-0.15, -0.1) is 0 Å². The molecule has 0 aromatic heterocycles. The lowest BCUT2D eigenvalue weighted by Gasteiger charge is -2.27. The molecule has 0 amide bonds. The van der Waals surface area contributed by atoms with Crippen LogP contribution in [0.15, 0.2) is 0 Å². The zero-order valence-electron chi connectivity index (χ0n) is 13.5. The number of carbonyl (C=O) groups is 1.